The topological polar surface area (TPSA) is 161 Å². The van der Waals surface area contributed by atoms with Gasteiger partial charge in [0.25, 0.3) is 5.56 Å². The molecule has 0 saturated carbocycles. The molecule has 0 bridgehead atoms. The molecule has 12 nitrogen and oxygen atoms in total. The van der Waals surface area contributed by atoms with Crippen molar-refractivity contribution in [3.8, 4) is 5.75 Å². The third-order valence-corrected chi connectivity index (χ3v) is 8.77. The van der Waals surface area contributed by atoms with Gasteiger partial charge in [-0.05, 0) is 62.4 Å². The van der Waals surface area contributed by atoms with Crippen LogP contribution in [0.25, 0.3) is 10.8 Å². The van der Waals surface area contributed by atoms with Gasteiger partial charge in [-0.3, -0.25) is 19.1 Å². The number of nitrogens with one attached hydrogen (secondary N) is 2. The molecule has 1 fully saturated rings. The van der Waals surface area contributed by atoms with E-state index in [1.807, 2.05) is 30.3 Å². The number of hydrogen-bond acceptors (Lipinski definition) is 10. The smallest absolute Gasteiger partial charge is 0.330 e. The summed E-state index contributed by atoms with van der Waals surface area (Å²) in [6.45, 7) is 2.42. The fourth-order valence-corrected chi connectivity index (χ4v) is 6.65. The molecule has 0 radical (unpaired) electrons. The van der Waals surface area contributed by atoms with E-state index in [9.17, 15) is 24.6 Å². The van der Waals surface area contributed by atoms with Crippen LogP contribution >= 0.6 is 6.64 Å². The second-order valence-electron chi connectivity index (χ2n) is 9.94. The number of aromatic nitrogens is 2. The van der Waals surface area contributed by atoms with Crippen molar-refractivity contribution in [1.29, 1.82) is 0 Å². The van der Waals surface area contributed by atoms with Crippen LogP contribution in [0.15, 0.2) is 64.3 Å². The number of nitrogens with zero attached hydrogens (tertiary/aromatic N) is 1. The number of aliphatic hydroxyl groups excluding tert-OH is 1. The summed E-state index contributed by atoms with van der Waals surface area (Å²) in [5.41, 5.74) is -3.38. The van der Waals surface area contributed by atoms with Crippen molar-refractivity contribution in [3.05, 3.63) is 75.6 Å². The van der Waals surface area contributed by atoms with E-state index in [4.69, 9.17) is 30.3 Å². The van der Waals surface area contributed by atoms with E-state index < -0.39 is 53.9 Å². The molecule has 1 aromatic heterocycles. The van der Waals surface area contributed by atoms with Crippen molar-refractivity contribution in [2.75, 3.05) is 6.61 Å². The third kappa shape index (κ3) is 6.69. The summed E-state index contributed by atoms with van der Waals surface area (Å²) in [4.78, 5) is 38.4. The molecule has 3 aromatic rings. The first-order valence-electron chi connectivity index (χ1n) is 12.6. The highest BCUT2D eigenvalue weighted by atomic mass is 32.5. The Morgan fingerprint density at radius 3 is 2.58 bits per heavy atom. The fourth-order valence-electron chi connectivity index (χ4n) is 4.24. The summed E-state index contributed by atoms with van der Waals surface area (Å²) in [5.74, 6) is -0.177. The minimum Gasteiger partial charge on any atom is -0.462 e. The lowest BCUT2D eigenvalue weighted by atomic mass is 9.96. The van der Waals surface area contributed by atoms with Crippen LogP contribution in [0.3, 0.4) is 0 Å². The van der Waals surface area contributed by atoms with Crippen LogP contribution in [0.4, 0.5) is 0 Å². The summed E-state index contributed by atoms with van der Waals surface area (Å²) < 4.78 is 24.2. The monoisotopic (exact) mass is 593 g/mol. The molecule has 1 aliphatic heterocycles. The number of hydrogen-bond donors (Lipinski definition) is 4. The number of carbonyl (C=O) groups is 1. The number of aromatic amines is 1. The molecular formula is C26H32N3O9PS. The summed E-state index contributed by atoms with van der Waals surface area (Å²) >= 11 is 5.76. The highest BCUT2D eigenvalue weighted by Gasteiger charge is 2.54. The standard InChI is InChI=1S/C26H32N3O9PS/c1-15(2)36-23(32)16(3)28-39(40,38-19-10-9-17-7-5-6-8-18(17)13-19)35-14-20-22(31)26(4,34)24(37-20)29-12-11-21(30)27-25(29)33/h5-13,15-16,20,22,24,31,34H,14H2,1-4H3,(H,28,40)(H,27,30,33). The van der Waals surface area contributed by atoms with Crippen LogP contribution in [0.5, 0.6) is 5.75 Å². The molecule has 0 amide bonds. The molecular weight excluding hydrogens is 561 g/mol. The van der Waals surface area contributed by atoms with Gasteiger partial charge in [0.15, 0.2) is 6.23 Å². The summed E-state index contributed by atoms with van der Waals surface area (Å²) in [6.07, 6.45) is -3.19. The maximum atomic E-state index is 12.5. The minimum atomic E-state index is -3.51. The second-order valence-corrected chi connectivity index (χ2v) is 13.1. The average Bonchev–Trinajstić information content (AvgIpc) is 3.10. The van der Waals surface area contributed by atoms with E-state index in [2.05, 4.69) is 10.1 Å². The number of ether oxygens (including phenoxy) is 2. The van der Waals surface area contributed by atoms with Crippen molar-refractivity contribution in [2.24, 2.45) is 0 Å². The Labute approximate surface area is 235 Å². The minimum absolute atomic E-state index is 0.352. The van der Waals surface area contributed by atoms with Crippen LogP contribution in [0.2, 0.25) is 0 Å². The number of aliphatic hydroxyl groups is 2. The first kappa shape index (κ1) is 30.1. The molecule has 0 spiro atoms. The number of carbonyl (C=O) groups excluding carboxylic acids is 1. The second kappa shape index (κ2) is 11.9. The van der Waals surface area contributed by atoms with Crippen molar-refractivity contribution in [3.63, 3.8) is 0 Å². The van der Waals surface area contributed by atoms with Crippen LogP contribution < -0.4 is 20.9 Å². The lowest BCUT2D eigenvalue weighted by Crippen LogP contribution is -2.47. The summed E-state index contributed by atoms with van der Waals surface area (Å²) in [6, 6.07) is 13.2. The zero-order chi connectivity index (χ0) is 29.2. The van der Waals surface area contributed by atoms with Gasteiger partial charge in [0, 0.05) is 12.3 Å². The normalized spacial score (nSPS) is 25.0. The first-order chi connectivity index (χ1) is 18.8. The third-order valence-electron chi connectivity index (χ3n) is 6.27. The van der Waals surface area contributed by atoms with Gasteiger partial charge in [-0.15, -0.1) is 0 Å². The van der Waals surface area contributed by atoms with E-state index in [0.29, 0.717) is 5.75 Å². The van der Waals surface area contributed by atoms with Gasteiger partial charge in [0.05, 0.1) is 12.7 Å². The predicted molar refractivity (Wildman–Crippen MR) is 151 cm³/mol. The van der Waals surface area contributed by atoms with Gasteiger partial charge >= 0.3 is 18.3 Å². The van der Waals surface area contributed by atoms with Crippen LogP contribution in [-0.2, 0) is 30.6 Å². The Morgan fingerprint density at radius 2 is 1.90 bits per heavy atom. The highest BCUT2D eigenvalue weighted by molar-refractivity contribution is 8.09. The number of esters is 1. The van der Waals surface area contributed by atoms with E-state index in [-0.39, 0.29) is 12.7 Å². The Kier molecular flexibility index (Phi) is 8.96. The number of rotatable bonds is 10. The number of H-pyrrole nitrogens is 1. The molecule has 14 heteroatoms. The van der Waals surface area contributed by atoms with Gasteiger partial charge in [0.2, 0.25) is 0 Å². The van der Waals surface area contributed by atoms with E-state index in [1.165, 1.54) is 6.92 Å². The van der Waals surface area contributed by atoms with Crippen molar-refractivity contribution in [1.82, 2.24) is 14.6 Å². The largest absolute Gasteiger partial charge is 0.462 e. The number of fused-ring (bicyclic) bond motifs is 1. The zero-order valence-electron chi connectivity index (χ0n) is 22.3. The lowest BCUT2D eigenvalue weighted by Gasteiger charge is -2.28. The van der Waals surface area contributed by atoms with Crippen molar-refractivity contribution >= 4 is 35.2 Å². The van der Waals surface area contributed by atoms with E-state index in [1.54, 1.807) is 32.9 Å². The zero-order valence-corrected chi connectivity index (χ0v) is 24.1. The predicted octanol–water partition coefficient (Wildman–Crippen LogP) is 1.95. The Balaban J connectivity index is 1.57. The molecule has 40 heavy (non-hydrogen) atoms. The van der Waals surface area contributed by atoms with Gasteiger partial charge in [-0.25, -0.2) is 9.88 Å². The van der Waals surface area contributed by atoms with E-state index >= 15 is 0 Å². The van der Waals surface area contributed by atoms with Gasteiger partial charge < -0.3 is 28.7 Å². The molecule has 216 valence electrons. The van der Waals surface area contributed by atoms with E-state index in [0.717, 1.165) is 27.6 Å². The average molecular weight is 594 g/mol. The summed E-state index contributed by atoms with van der Waals surface area (Å²) in [7, 11) is 0. The molecule has 1 saturated heterocycles. The van der Waals surface area contributed by atoms with Crippen LogP contribution in [0.1, 0.15) is 33.9 Å². The fraction of sp³-hybridized carbons (Fsp3) is 0.423. The molecule has 6 unspecified atom stereocenters. The molecule has 4 rings (SSSR count). The molecule has 0 aliphatic carbocycles. The maximum absolute atomic E-state index is 12.5. The van der Waals surface area contributed by atoms with Crippen LogP contribution in [-0.4, -0.2) is 62.3 Å². The first-order valence-corrected chi connectivity index (χ1v) is 15.2. The lowest BCUT2D eigenvalue weighted by molar-refractivity contribution is -0.149. The van der Waals surface area contributed by atoms with Gasteiger partial charge in [0.1, 0.15) is 29.6 Å². The highest BCUT2D eigenvalue weighted by Crippen LogP contribution is 2.47. The van der Waals surface area contributed by atoms with Crippen LogP contribution in [0, 0.1) is 0 Å². The van der Waals surface area contributed by atoms with Gasteiger partial charge in [-0.1, -0.05) is 30.3 Å². The number of benzene rings is 2. The molecule has 2 heterocycles. The molecule has 2 aromatic carbocycles. The van der Waals surface area contributed by atoms with Crippen molar-refractivity contribution in [2.45, 2.75) is 63.9 Å². The Bertz CT molecular complexity index is 1540. The SMILES string of the molecule is CC(C)OC(=O)C(C)NP(=S)(OCC1OC(n2ccc(=O)[nH]c2=O)C(C)(O)C1O)Oc1ccc2ccccc2c1. The molecule has 1 aliphatic rings. The van der Waals surface area contributed by atoms with Gasteiger partial charge in [-0.2, -0.15) is 0 Å². The Hall–Kier alpha value is -2.90. The Morgan fingerprint density at radius 1 is 1.20 bits per heavy atom. The van der Waals surface area contributed by atoms with Crippen molar-refractivity contribution < 1.29 is 33.5 Å². The molecule has 4 N–H and O–H groups in total. The maximum Gasteiger partial charge on any atom is 0.330 e. The quantitative estimate of drug-likeness (QED) is 0.201. The summed E-state index contributed by atoms with van der Waals surface area (Å²) in [5, 5.41) is 26.7. The molecule has 6 atom stereocenters.